The summed E-state index contributed by atoms with van der Waals surface area (Å²) < 4.78 is 14.3. The van der Waals surface area contributed by atoms with Crippen LogP contribution in [0.2, 0.25) is 0 Å². The van der Waals surface area contributed by atoms with Crippen LogP contribution in [0.4, 0.5) is 4.39 Å². The lowest BCUT2D eigenvalue weighted by Crippen LogP contribution is -1.86. The molecule has 2 nitrogen and oxygen atoms in total. The van der Waals surface area contributed by atoms with E-state index < -0.39 is 0 Å². The maximum atomic E-state index is 13.6. The van der Waals surface area contributed by atoms with Gasteiger partial charge in [0.2, 0.25) is 0 Å². The van der Waals surface area contributed by atoms with Crippen molar-refractivity contribution in [3.05, 3.63) is 38.9 Å². The van der Waals surface area contributed by atoms with Gasteiger partial charge in [0.15, 0.2) is 0 Å². The molecular weight excluding hydrogens is 291 g/mol. The first-order chi connectivity index (χ1) is 7.70. The van der Waals surface area contributed by atoms with E-state index in [1.807, 2.05) is 6.07 Å². The number of rotatable bonds is 2. The van der Waals surface area contributed by atoms with Crippen LogP contribution in [0.5, 0.6) is 0 Å². The summed E-state index contributed by atoms with van der Waals surface area (Å²) in [5.41, 5.74) is 1.05. The van der Waals surface area contributed by atoms with Crippen molar-refractivity contribution >= 4 is 27.3 Å². The lowest BCUT2D eigenvalue weighted by atomic mass is 10.1. The van der Waals surface area contributed by atoms with Gasteiger partial charge < -0.3 is 0 Å². The Balaban J connectivity index is 2.39. The van der Waals surface area contributed by atoms with Gasteiger partial charge in [-0.25, -0.2) is 9.37 Å². The molecule has 0 bridgehead atoms. The third kappa shape index (κ3) is 2.29. The van der Waals surface area contributed by atoms with Crippen molar-refractivity contribution in [1.82, 2.24) is 4.98 Å². The Morgan fingerprint density at radius 1 is 1.50 bits per heavy atom. The first-order valence-electron chi connectivity index (χ1n) is 4.47. The molecule has 0 fully saturated rings. The van der Waals surface area contributed by atoms with Gasteiger partial charge >= 0.3 is 0 Å². The zero-order valence-corrected chi connectivity index (χ0v) is 10.5. The highest BCUT2D eigenvalue weighted by molar-refractivity contribution is 9.10. The Kier molecular flexibility index (Phi) is 3.32. The second kappa shape index (κ2) is 4.73. The maximum Gasteiger partial charge on any atom is 0.133 e. The average molecular weight is 297 g/mol. The fourth-order valence-electron chi connectivity index (χ4n) is 1.28. The molecule has 16 heavy (non-hydrogen) atoms. The SMILES string of the molecule is N#CCc1nc(-c2ccc(Br)cc2F)cs1. The average Bonchev–Trinajstić information content (AvgIpc) is 2.67. The summed E-state index contributed by atoms with van der Waals surface area (Å²) in [4.78, 5) is 4.20. The summed E-state index contributed by atoms with van der Waals surface area (Å²) in [7, 11) is 0. The predicted octanol–water partition coefficient (Wildman–Crippen LogP) is 3.78. The van der Waals surface area contributed by atoms with Gasteiger partial charge in [-0.3, -0.25) is 0 Å². The molecule has 1 aromatic heterocycles. The molecular formula is C11H6BrFN2S. The van der Waals surface area contributed by atoms with E-state index in [-0.39, 0.29) is 12.2 Å². The molecule has 0 saturated carbocycles. The molecule has 0 unspecified atom stereocenters. The number of halogens is 2. The summed E-state index contributed by atoms with van der Waals surface area (Å²) in [5, 5.41) is 11.0. The molecule has 1 heterocycles. The van der Waals surface area contributed by atoms with Gasteiger partial charge in [0.25, 0.3) is 0 Å². The predicted molar refractivity (Wildman–Crippen MR) is 64.5 cm³/mol. The summed E-state index contributed by atoms with van der Waals surface area (Å²) >= 11 is 4.57. The highest BCUT2D eigenvalue weighted by Gasteiger charge is 2.09. The standard InChI is InChI=1S/C11H6BrFN2S/c12-7-1-2-8(9(13)5-7)10-6-16-11(15-10)3-4-14/h1-2,5-6H,3H2. The van der Waals surface area contributed by atoms with Crippen molar-refractivity contribution in [2.45, 2.75) is 6.42 Å². The van der Waals surface area contributed by atoms with Crippen LogP contribution in [0.3, 0.4) is 0 Å². The third-order valence-electron chi connectivity index (χ3n) is 1.99. The Labute approximate surface area is 105 Å². The third-order valence-corrected chi connectivity index (χ3v) is 3.33. The lowest BCUT2D eigenvalue weighted by Gasteiger charge is -1.99. The van der Waals surface area contributed by atoms with Crippen LogP contribution < -0.4 is 0 Å². The van der Waals surface area contributed by atoms with Crippen LogP contribution >= 0.6 is 27.3 Å². The van der Waals surface area contributed by atoms with E-state index in [0.29, 0.717) is 20.7 Å². The number of aromatic nitrogens is 1. The van der Waals surface area contributed by atoms with Crippen LogP contribution in [0.15, 0.2) is 28.1 Å². The second-order valence-electron chi connectivity index (χ2n) is 3.09. The van der Waals surface area contributed by atoms with E-state index in [2.05, 4.69) is 20.9 Å². The molecule has 0 saturated heterocycles. The molecule has 0 atom stereocenters. The minimum absolute atomic E-state index is 0.267. The zero-order chi connectivity index (χ0) is 11.5. The van der Waals surface area contributed by atoms with Crippen molar-refractivity contribution in [2.75, 3.05) is 0 Å². The molecule has 1 aromatic carbocycles. The largest absolute Gasteiger partial charge is 0.240 e. The second-order valence-corrected chi connectivity index (χ2v) is 4.94. The van der Waals surface area contributed by atoms with Gasteiger partial charge in [-0.15, -0.1) is 11.3 Å². The molecule has 0 spiro atoms. The van der Waals surface area contributed by atoms with Crippen molar-refractivity contribution in [1.29, 1.82) is 5.26 Å². The number of nitriles is 1. The lowest BCUT2D eigenvalue weighted by molar-refractivity contribution is 0.630. The molecule has 0 N–H and O–H groups in total. The van der Waals surface area contributed by atoms with Crippen LogP contribution in [0.1, 0.15) is 5.01 Å². The van der Waals surface area contributed by atoms with Crippen LogP contribution in [0.25, 0.3) is 11.3 Å². The minimum Gasteiger partial charge on any atom is -0.240 e. The molecule has 0 aliphatic heterocycles. The van der Waals surface area contributed by atoms with E-state index >= 15 is 0 Å². The molecule has 0 amide bonds. The van der Waals surface area contributed by atoms with E-state index in [4.69, 9.17) is 5.26 Å². The maximum absolute atomic E-state index is 13.6. The zero-order valence-electron chi connectivity index (χ0n) is 8.08. The van der Waals surface area contributed by atoms with Crippen molar-refractivity contribution in [3.8, 4) is 17.3 Å². The number of hydrogen-bond donors (Lipinski definition) is 0. The van der Waals surface area contributed by atoms with Gasteiger partial charge in [-0.2, -0.15) is 5.26 Å². The summed E-state index contributed by atoms with van der Waals surface area (Å²) in [6, 6.07) is 6.86. The highest BCUT2D eigenvalue weighted by atomic mass is 79.9. The topological polar surface area (TPSA) is 36.7 Å². The Morgan fingerprint density at radius 2 is 2.31 bits per heavy atom. The molecule has 2 aromatic rings. The molecule has 0 aliphatic carbocycles. The Morgan fingerprint density at radius 3 is 3.00 bits per heavy atom. The summed E-state index contributed by atoms with van der Waals surface area (Å²) in [5.74, 6) is -0.316. The van der Waals surface area contributed by atoms with Crippen LogP contribution in [-0.4, -0.2) is 4.98 Å². The van der Waals surface area contributed by atoms with E-state index in [0.717, 1.165) is 0 Å². The number of thiazole rings is 1. The normalized spacial score (nSPS) is 10.1. The minimum atomic E-state index is -0.316. The van der Waals surface area contributed by atoms with E-state index in [1.165, 1.54) is 17.4 Å². The quantitative estimate of drug-likeness (QED) is 0.846. The fourth-order valence-corrected chi connectivity index (χ4v) is 2.34. The first-order valence-corrected chi connectivity index (χ1v) is 6.15. The van der Waals surface area contributed by atoms with Gasteiger partial charge in [-0.1, -0.05) is 15.9 Å². The summed E-state index contributed by atoms with van der Waals surface area (Å²) in [6.45, 7) is 0. The first kappa shape index (κ1) is 11.2. The van der Waals surface area contributed by atoms with Gasteiger partial charge in [-0.05, 0) is 18.2 Å². The highest BCUT2D eigenvalue weighted by Crippen LogP contribution is 2.26. The van der Waals surface area contributed by atoms with Crippen molar-refractivity contribution in [3.63, 3.8) is 0 Å². The Bertz CT molecular complexity index is 559. The number of nitrogens with zero attached hydrogens (tertiary/aromatic N) is 2. The molecule has 2 rings (SSSR count). The van der Waals surface area contributed by atoms with Gasteiger partial charge in [0.05, 0.1) is 18.2 Å². The molecule has 0 aliphatic rings. The van der Waals surface area contributed by atoms with Gasteiger partial charge in [0.1, 0.15) is 10.8 Å². The number of benzene rings is 1. The molecule has 0 radical (unpaired) electrons. The van der Waals surface area contributed by atoms with Crippen LogP contribution in [0, 0.1) is 17.1 Å². The van der Waals surface area contributed by atoms with Crippen LogP contribution in [-0.2, 0) is 6.42 Å². The smallest absolute Gasteiger partial charge is 0.133 e. The van der Waals surface area contributed by atoms with Crippen molar-refractivity contribution in [2.24, 2.45) is 0 Å². The fraction of sp³-hybridized carbons (Fsp3) is 0.0909. The van der Waals surface area contributed by atoms with E-state index in [9.17, 15) is 4.39 Å². The number of hydrogen-bond acceptors (Lipinski definition) is 3. The van der Waals surface area contributed by atoms with Crippen molar-refractivity contribution < 1.29 is 4.39 Å². The molecule has 80 valence electrons. The monoisotopic (exact) mass is 296 g/mol. The Hall–Kier alpha value is -1.25. The molecule has 5 heteroatoms. The van der Waals surface area contributed by atoms with E-state index in [1.54, 1.807) is 17.5 Å². The summed E-state index contributed by atoms with van der Waals surface area (Å²) in [6.07, 6.45) is 0.267. The van der Waals surface area contributed by atoms with Gasteiger partial charge in [0, 0.05) is 15.4 Å².